The number of nitrogens with one attached hydrogen (secondary N) is 1. The van der Waals surface area contributed by atoms with Crippen LogP contribution in [0.3, 0.4) is 0 Å². The molecule has 0 bridgehead atoms. The van der Waals surface area contributed by atoms with Gasteiger partial charge in [-0.05, 0) is 51.0 Å². The molecule has 1 N–H and O–H groups in total. The second-order valence-electron chi connectivity index (χ2n) is 4.20. The highest BCUT2D eigenvalue weighted by molar-refractivity contribution is 5.94. The second kappa shape index (κ2) is 6.28. The van der Waals surface area contributed by atoms with Gasteiger partial charge in [0.25, 0.3) is 5.91 Å². The molecule has 1 aromatic rings. The van der Waals surface area contributed by atoms with Crippen molar-refractivity contribution in [2.24, 2.45) is 0 Å². The minimum absolute atomic E-state index is 0.0227. The van der Waals surface area contributed by atoms with Crippen molar-refractivity contribution in [3.05, 3.63) is 29.3 Å². The molecule has 0 fully saturated rings. The van der Waals surface area contributed by atoms with Gasteiger partial charge in [0.1, 0.15) is 5.75 Å². The topological polar surface area (TPSA) is 38.3 Å². The maximum Gasteiger partial charge on any atom is 0.251 e. The summed E-state index contributed by atoms with van der Waals surface area (Å²) in [5, 5.41) is 2.94. The molecule has 1 atom stereocenters. The SMILES string of the molecule is CCOc1ccc(C(=O)N[C@@H](C)CC)cc1C. The van der Waals surface area contributed by atoms with Gasteiger partial charge in [-0.1, -0.05) is 6.92 Å². The largest absolute Gasteiger partial charge is 0.494 e. The number of amides is 1. The molecule has 0 spiro atoms. The van der Waals surface area contributed by atoms with Crippen LogP contribution in [0.15, 0.2) is 18.2 Å². The van der Waals surface area contributed by atoms with Gasteiger partial charge >= 0.3 is 0 Å². The van der Waals surface area contributed by atoms with Crippen LogP contribution in [0.5, 0.6) is 5.75 Å². The van der Waals surface area contributed by atoms with E-state index in [-0.39, 0.29) is 11.9 Å². The molecule has 94 valence electrons. The van der Waals surface area contributed by atoms with E-state index in [4.69, 9.17) is 4.74 Å². The van der Waals surface area contributed by atoms with E-state index in [1.807, 2.05) is 39.8 Å². The second-order valence-corrected chi connectivity index (χ2v) is 4.20. The highest BCUT2D eigenvalue weighted by atomic mass is 16.5. The average molecular weight is 235 g/mol. The summed E-state index contributed by atoms with van der Waals surface area (Å²) in [7, 11) is 0. The fraction of sp³-hybridized carbons (Fsp3) is 0.500. The van der Waals surface area contributed by atoms with Crippen LogP contribution >= 0.6 is 0 Å². The summed E-state index contributed by atoms with van der Waals surface area (Å²) in [5.74, 6) is 0.818. The van der Waals surface area contributed by atoms with Gasteiger partial charge in [0.05, 0.1) is 6.61 Å². The van der Waals surface area contributed by atoms with E-state index >= 15 is 0 Å². The predicted molar refractivity (Wildman–Crippen MR) is 69.6 cm³/mol. The van der Waals surface area contributed by atoms with E-state index in [0.29, 0.717) is 12.2 Å². The summed E-state index contributed by atoms with van der Waals surface area (Å²) in [4.78, 5) is 11.9. The molecule has 0 saturated heterocycles. The Morgan fingerprint density at radius 2 is 2.12 bits per heavy atom. The first kappa shape index (κ1) is 13.6. The fourth-order valence-corrected chi connectivity index (χ4v) is 1.52. The standard InChI is InChI=1S/C14H21NO2/c1-5-11(4)15-14(16)12-7-8-13(17-6-2)10(3)9-12/h7-9,11H,5-6H2,1-4H3,(H,15,16)/t11-/m0/s1. The Morgan fingerprint density at radius 1 is 1.41 bits per heavy atom. The van der Waals surface area contributed by atoms with Crippen LogP contribution in [-0.2, 0) is 0 Å². The molecule has 1 amide bonds. The zero-order valence-electron chi connectivity index (χ0n) is 11.0. The fourth-order valence-electron chi connectivity index (χ4n) is 1.52. The third-order valence-electron chi connectivity index (χ3n) is 2.73. The number of hydrogen-bond donors (Lipinski definition) is 1. The Bertz CT molecular complexity index is 388. The number of rotatable bonds is 5. The van der Waals surface area contributed by atoms with Gasteiger partial charge in [-0.2, -0.15) is 0 Å². The molecule has 0 unspecified atom stereocenters. The van der Waals surface area contributed by atoms with Crippen molar-refractivity contribution < 1.29 is 9.53 Å². The van der Waals surface area contributed by atoms with Gasteiger partial charge < -0.3 is 10.1 Å². The van der Waals surface area contributed by atoms with Crippen LogP contribution in [0.4, 0.5) is 0 Å². The lowest BCUT2D eigenvalue weighted by molar-refractivity contribution is 0.0939. The normalized spacial score (nSPS) is 12.0. The van der Waals surface area contributed by atoms with Crippen LogP contribution in [0.25, 0.3) is 0 Å². The maximum atomic E-state index is 11.9. The Morgan fingerprint density at radius 3 is 2.65 bits per heavy atom. The van der Waals surface area contributed by atoms with Gasteiger partial charge in [0.2, 0.25) is 0 Å². The van der Waals surface area contributed by atoms with E-state index in [1.54, 1.807) is 6.07 Å². The zero-order valence-corrected chi connectivity index (χ0v) is 11.0. The Hall–Kier alpha value is -1.51. The molecule has 0 aromatic heterocycles. The van der Waals surface area contributed by atoms with Gasteiger partial charge in [0.15, 0.2) is 0 Å². The predicted octanol–water partition coefficient (Wildman–Crippen LogP) is 2.92. The molecule has 0 radical (unpaired) electrons. The lowest BCUT2D eigenvalue weighted by atomic mass is 10.1. The smallest absolute Gasteiger partial charge is 0.251 e. The average Bonchev–Trinajstić information content (AvgIpc) is 2.31. The maximum absolute atomic E-state index is 11.9. The minimum Gasteiger partial charge on any atom is -0.494 e. The van der Waals surface area contributed by atoms with Crippen molar-refractivity contribution in [2.45, 2.75) is 40.2 Å². The van der Waals surface area contributed by atoms with Gasteiger partial charge in [0, 0.05) is 11.6 Å². The molecule has 3 heteroatoms. The number of hydrogen-bond acceptors (Lipinski definition) is 2. The van der Waals surface area contributed by atoms with Crippen LogP contribution < -0.4 is 10.1 Å². The molecular weight excluding hydrogens is 214 g/mol. The van der Waals surface area contributed by atoms with Gasteiger partial charge in [-0.3, -0.25) is 4.79 Å². The van der Waals surface area contributed by atoms with Crippen molar-refractivity contribution in [3.8, 4) is 5.75 Å². The Kier molecular flexibility index (Phi) is 5.01. The van der Waals surface area contributed by atoms with Gasteiger partial charge in [-0.25, -0.2) is 0 Å². The Labute approximate surface area is 103 Å². The highest BCUT2D eigenvalue weighted by Gasteiger charge is 2.10. The number of aryl methyl sites for hydroxylation is 1. The quantitative estimate of drug-likeness (QED) is 0.852. The van der Waals surface area contributed by atoms with Crippen LogP contribution in [0, 0.1) is 6.92 Å². The molecule has 0 aliphatic rings. The third-order valence-corrected chi connectivity index (χ3v) is 2.73. The summed E-state index contributed by atoms with van der Waals surface area (Å²) in [5.41, 5.74) is 1.68. The number of carbonyl (C=O) groups is 1. The number of carbonyl (C=O) groups excluding carboxylic acids is 1. The molecule has 3 nitrogen and oxygen atoms in total. The van der Waals surface area contributed by atoms with Crippen LogP contribution in [0.1, 0.15) is 43.1 Å². The monoisotopic (exact) mass is 235 g/mol. The molecule has 1 rings (SSSR count). The van der Waals surface area contributed by atoms with Gasteiger partial charge in [-0.15, -0.1) is 0 Å². The first-order valence-electron chi connectivity index (χ1n) is 6.12. The van der Waals surface area contributed by atoms with E-state index in [9.17, 15) is 4.79 Å². The zero-order chi connectivity index (χ0) is 12.8. The van der Waals surface area contributed by atoms with Crippen molar-refractivity contribution in [3.63, 3.8) is 0 Å². The summed E-state index contributed by atoms with van der Waals surface area (Å²) in [6.45, 7) is 8.58. The molecular formula is C14H21NO2. The van der Waals surface area contributed by atoms with Crippen molar-refractivity contribution in [1.29, 1.82) is 0 Å². The first-order valence-corrected chi connectivity index (χ1v) is 6.12. The minimum atomic E-state index is -0.0227. The molecule has 0 saturated carbocycles. The molecule has 1 aromatic carbocycles. The van der Waals surface area contributed by atoms with E-state index in [2.05, 4.69) is 5.32 Å². The van der Waals surface area contributed by atoms with Crippen molar-refractivity contribution in [2.75, 3.05) is 6.61 Å². The molecule has 0 heterocycles. The summed E-state index contributed by atoms with van der Waals surface area (Å²) in [6, 6.07) is 5.72. The van der Waals surface area contributed by atoms with E-state index in [1.165, 1.54) is 0 Å². The lowest BCUT2D eigenvalue weighted by Gasteiger charge is -2.13. The third kappa shape index (κ3) is 3.77. The van der Waals surface area contributed by atoms with Crippen LogP contribution in [0.2, 0.25) is 0 Å². The number of benzene rings is 1. The number of ether oxygens (including phenoxy) is 1. The summed E-state index contributed by atoms with van der Waals surface area (Å²) >= 11 is 0. The van der Waals surface area contributed by atoms with Crippen molar-refractivity contribution in [1.82, 2.24) is 5.32 Å². The summed E-state index contributed by atoms with van der Waals surface area (Å²) < 4.78 is 5.44. The Balaban J connectivity index is 2.79. The molecule has 0 aliphatic heterocycles. The van der Waals surface area contributed by atoms with E-state index in [0.717, 1.165) is 17.7 Å². The first-order chi connectivity index (χ1) is 8.08. The molecule has 0 aliphatic carbocycles. The van der Waals surface area contributed by atoms with Crippen molar-refractivity contribution >= 4 is 5.91 Å². The highest BCUT2D eigenvalue weighted by Crippen LogP contribution is 2.19. The van der Waals surface area contributed by atoms with Crippen LogP contribution in [-0.4, -0.2) is 18.6 Å². The summed E-state index contributed by atoms with van der Waals surface area (Å²) in [6.07, 6.45) is 0.932. The molecule has 17 heavy (non-hydrogen) atoms. The lowest BCUT2D eigenvalue weighted by Crippen LogP contribution is -2.31. The van der Waals surface area contributed by atoms with E-state index < -0.39 is 0 Å².